The first-order chi connectivity index (χ1) is 23.0. The van der Waals surface area contributed by atoms with Crippen LogP contribution in [0.4, 0.5) is 27.8 Å². The molecule has 4 aliphatic heterocycles. The number of nitrogens with one attached hydrogen (secondary N) is 2. The average molecular weight is 649 g/mol. The van der Waals surface area contributed by atoms with E-state index >= 15 is 0 Å². The monoisotopic (exact) mass is 648 g/mol. The van der Waals surface area contributed by atoms with E-state index in [0.717, 1.165) is 83.8 Å². The highest BCUT2D eigenvalue weighted by Gasteiger charge is 2.40. The van der Waals surface area contributed by atoms with Gasteiger partial charge in [0.25, 0.3) is 0 Å². The van der Waals surface area contributed by atoms with Crippen LogP contribution in [0.15, 0.2) is 60.9 Å². The minimum absolute atomic E-state index is 0.0607. The lowest BCUT2D eigenvalue weighted by Crippen LogP contribution is -2.52. The van der Waals surface area contributed by atoms with Crippen LogP contribution in [0.1, 0.15) is 51.9 Å². The van der Waals surface area contributed by atoms with Crippen molar-refractivity contribution < 1.29 is 4.79 Å². The zero-order chi connectivity index (χ0) is 33.9. The predicted octanol–water partition coefficient (Wildman–Crippen LogP) is 5.78. The summed E-state index contributed by atoms with van der Waals surface area (Å²) in [5.41, 5.74) is 13.3. The Morgan fingerprint density at radius 3 is 2.00 bits per heavy atom. The summed E-state index contributed by atoms with van der Waals surface area (Å²) in [5, 5.41) is 6.56. The first-order valence-corrected chi connectivity index (χ1v) is 17.1. The van der Waals surface area contributed by atoms with Crippen LogP contribution in [-0.4, -0.2) is 76.3 Å². The number of urea groups is 1. The van der Waals surface area contributed by atoms with Gasteiger partial charge in [0.15, 0.2) is 11.6 Å². The van der Waals surface area contributed by atoms with Crippen LogP contribution in [0.5, 0.6) is 0 Å². The van der Waals surface area contributed by atoms with Crippen LogP contribution in [0.2, 0.25) is 0 Å². The molecule has 0 radical (unpaired) electrons. The first kappa shape index (κ1) is 33.1. The molecule has 0 saturated carbocycles. The van der Waals surface area contributed by atoms with Crippen molar-refractivity contribution in [2.45, 2.75) is 78.6 Å². The molecule has 4 aliphatic rings. The summed E-state index contributed by atoms with van der Waals surface area (Å²) in [6.45, 7) is 15.9. The second kappa shape index (κ2) is 14.1. The zero-order valence-electron chi connectivity index (χ0n) is 28.9. The molecule has 252 valence electrons. The van der Waals surface area contributed by atoms with E-state index in [1.165, 1.54) is 12.1 Å². The number of aryl methyl sites for hydroxylation is 2. The number of amides is 2. The number of nitrogens with two attached hydrogens (primary N) is 1. The summed E-state index contributed by atoms with van der Waals surface area (Å²) in [6.07, 6.45) is 5.91. The number of hydrogen-bond donors (Lipinski definition) is 3. The van der Waals surface area contributed by atoms with Gasteiger partial charge in [-0.25, -0.2) is 14.8 Å². The van der Waals surface area contributed by atoms with E-state index in [-0.39, 0.29) is 18.1 Å². The third-order valence-corrected chi connectivity index (χ3v) is 8.74. The number of carbonyl (C=O) groups is 1. The van der Waals surface area contributed by atoms with Gasteiger partial charge >= 0.3 is 6.03 Å². The van der Waals surface area contributed by atoms with Crippen molar-refractivity contribution >= 4 is 29.0 Å². The molecule has 8 rings (SSSR count). The van der Waals surface area contributed by atoms with E-state index < -0.39 is 0 Å². The summed E-state index contributed by atoms with van der Waals surface area (Å²) in [5.74, 6) is 1.77. The third-order valence-electron chi connectivity index (χ3n) is 8.74. The summed E-state index contributed by atoms with van der Waals surface area (Å²) >= 11 is 0. The van der Waals surface area contributed by atoms with E-state index in [0.29, 0.717) is 12.1 Å². The van der Waals surface area contributed by atoms with Crippen molar-refractivity contribution in [3.63, 3.8) is 0 Å². The van der Waals surface area contributed by atoms with E-state index in [2.05, 4.69) is 54.7 Å². The highest BCUT2D eigenvalue weighted by Crippen LogP contribution is 2.40. The maximum absolute atomic E-state index is 12.8. The smallest absolute Gasteiger partial charge is 0.323 e. The molecule has 0 spiro atoms. The topological polar surface area (TPSA) is 128 Å². The summed E-state index contributed by atoms with van der Waals surface area (Å²) < 4.78 is 0. The fraction of sp³-hybridized carbons (Fsp3) is 0.432. The van der Waals surface area contributed by atoms with Gasteiger partial charge in [0, 0.05) is 73.2 Å². The number of fused-ring (bicyclic) bond motifs is 8. The Kier molecular flexibility index (Phi) is 9.77. The number of hydrogen-bond acceptors (Lipinski definition) is 9. The molecule has 48 heavy (non-hydrogen) atoms. The Balaban J connectivity index is 0.000000155. The molecular weight excluding hydrogens is 600 g/mol. The zero-order valence-corrected chi connectivity index (χ0v) is 28.9. The average Bonchev–Trinajstić information content (AvgIpc) is 3.65. The molecular formula is C37H48N10O. The number of carbonyl (C=O) groups excluding carboxylic acids is 1. The van der Waals surface area contributed by atoms with Gasteiger partial charge in [-0.3, -0.25) is 14.9 Å². The van der Waals surface area contributed by atoms with Crippen molar-refractivity contribution in [2.24, 2.45) is 5.73 Å². The maximum atomic E-state index is 12.8. The molecule has 0 unspecified atom stereocenters. The van der Waals surface area contributed by atoms with Gasteiger partial charge in [-0.1, -0.05) is 13.8 Å². The number of rotatable bonds is 3. The summed E-state index contributed by atoms with van der Waals surface area (Å²) in [7, 11) is 0. The van der Waals surface area contributed by atoms with Crippen LogP contribution in [0.3, 0.4) is 0 Å². The first-order valence-electron chi connectivity index (χ1n) is 17.1. The Bertz CT molecular complexity index is 1720. The van der Waals surface area contributed by atoms with Gasteiger partial charge < -0.3 is 26.2 Å². The van der Waals surface area contributed by atoms with Gasteiger partial charge in [-0.15, -0.1) is 0 Å². The number of nitrogens with zero attached hydrogens (tertiary/aromatic N) is 7. The lowest BCUT2D eigenvalue weighted by Gasteiger charge is -2.36. The van der Waals surface area contributed by atoms with Crippen LogP contribution < -0.4 is 31.1 Å². The van der Waals surface area contributed by atoms with Gasteiger partial charge in [0.05, 0.1) is 28.8 Å². The third kappa shape index (κ3) is 7.36. The molecule has 4 N–H and O–H groups in total. The van der Waals surface area contributed by atoms with Crippen LogP contribution in [0, 0.1) is 13.8 Å². The van der Waals surface area contributed by atoms with Crippen molar-refractivity contribution in [3.05, 3.63) is 72.3 Å². The van der Waals surface area contributed by atoms with Crippen LogP contribution >= 0.6 is 0 Å². The normalized spacial score (nSPS) is 18.3. The fourth-order valence-electron chi connectivity index (χ4n) is 6.45. The van der Waals surface area contributed by atoms with Crippen LogP contribution in [0.25, 0.3) is 22.5 Å². The molecule has 2 amide bonds. The van der Waals surface area contributed by atoms with Gasteiger partial charge in [0.1, 0.15) is 0 Å². The van der Waals surface area contributed by atoms with Crippen molar-refractivity contribution in [3.8, 4) is 22.5 Å². The quantitative estimate of drug-likeness (QED) is 0.253. The van der Waals surface area contributed by atoms with Gasteiger partial charge in [0.2, 0.25) is 0 Å². The van der Waals surface area contributed by atoms with E-state index in [1.807, 2.05) is 83.1 Å². The van der Waals surface area contributed by atoms with E-state index in [1.54, 1.807) is 0 Å². The van der Waals surface area contributed by atoms with Gasteiger partial charge in [-0.2, -0.15) is 0 Å². The Labute approximate surface area is 284 Å². The molecule has 4 aromatic heterocycles. The van der Waals surface area contributed by atoms with Gasteiger partial charge in [-0.05, 0) is 95.1 Å². The van der Waals surface area contributed by atoms with E-state index in [9.17, 15) is 4.79 Å². The van der Waals surface area contributed by atoms with Crippen molar-refractivity contribution in [1.82, 2.24) is 25.3 Å². The molecule has 4 bridgehead atoms. The second-order valence-electron chi connectivity index (χ2n) is 13.7. The highest BCUT2D eigenvalue weighted by atomic mass is 16.2. The largest absolute Gasteiger partial charge is 0.366 e. The minimum Gasteiger partial charge on any atom is -0.366 e. The van der Waals surface area contributed by atoms with E-state index in [4.69, 9.17) is 15.7 Å². The molecule has 11 heteroatoms. The lowest BCUT2D eigenvalue weighted by molar-refractivity contribution is 0.241. The molecule has 0 aliphatic carbocycles. The molecule has 2 atom stereocenters. The van der Waals surface area contributed by atoms with Crippen molar-refractivity contribution in [2.75, 3.05) is 46.2 Å². The number of aromatic nitrogens is 4. The van der Waals surface area contributed by atoms with Crippen molar-refractivity contribution in [1.29, 1.82) is 0 Å². The number of pyridine rings is 4. The Hall–Kier alpha value is -4.77. The molecule has 4 aromatic rings. The number of anilines is 4. The molecule has 8 heterocycles. The molecule has 2 saturated heterocycles. The molecule has 11 nitrogen and oxygen atoms in total. The Morgan fingerprint density at radius 2 is 1.40 bits per heavy atom. The summed E-state index contributed by atoms with van der Waals surface area (Å²) in [4.78, 5) is 37.7. The predicted molar refractivity (Wildman–Crippen MR) is 195 cm³/mol. The maximum Gasteiger partial charge on any atom is 0.323 e. The fourth-order valence-corrected chi connectivity index (χ4v) is 6.45. The second-order valence-corrected chi connectivity index (χ2v) is 13.7. The lowest BCUT2D eigenvalue weighted by atomic mass is 10.1. The molecule has 2 fully saturated rings. The minimum atomic E-state index is -0.0607. The Morgan fingerprint density at radius 1 is 0.812 bits per heavy atom. The standard InChI is InChI=1S/C19H23N5O.C15H16N4.C3H9N/c1-12(2)21-19(25)24-15-8-9-23(11-15)17-7-6-16(22-18(17)24)14-5-4-13(3)20-10-14;1-10-2-3-11(8-16-10)13-4-5-14-15(18-13)17-12-6-7-19(14)9-12;1-3(2)4/h4-7,10,12,15H,8-9,11H2,1-3H3,(H,21,25);2-5,8,12H,6-7,9H2,1H3,(H,17,18);3H,4H2,1-2H3/t15-;12-;/m00./s1. The highest BCUT2D eigenvalue weighted by molar-refractivity contribution is 5.97. The van der Waals surface area contributed by atoms with Crippen LogP contribution in [-0.2, 0) is 0 Å². The SMILES string of the molecule is CC(C)N.Cc1ccc(-c2ccc3c(n2)N(C(=O)NC(C)C)[C@H]2CCN3C2)cn1.Cc1ccc(-c2ccc3c(n2)N[C@H]2CCN3C2)cn1. The molecule has 0 aromatic carbocycles. The summed E-state index contributed by atoms with van der Waals surface area (Å²) in [6, 6.07) is 17.6.